The number of benzene rings is 2. The molecule has 0 saturated carbocycles. The van der Waals surface area contributed by atoms with Gasteiger partial charge >= 0.3 is 0 Å². The van der Waals surface area contributed by atoms with Gasteiger partial charge in [-0.2, -0.15) is 0 Å². The van der Waals surface area contributed by atoms with Gasteiger partial charge in [-0.05, 0) is 37.1 Å². The number of aliphatic imine (C=N–C) groups is 1. The molecule has 164 valence electrons. The molecule has 0 radical (unpaired) electrons. The summed E-state index contributed by atoms with van der Waals surface area (Å²) in [5, 5.41) is 6.44. The van der Waals surface area contributed by atoms with Crippen molar-refractivity contribution >= 4 is 17.8 Å². The number of oxazole rings is 1. The highest BCUT2D eigenvalue weighted by Crippen LogP contribution is 2.22. The average Bonchev–Trinajstić information content (AvgIpc) is 3.40. The number of carbonyl (C=O) groups is 2. The lowest BCUT2D eigenvalue weighted by Gasteiger charge is -2.14. The van der Waals surface area contributed by atoms with Gasteiger partial charge in [-0.1, -0.05) is 30.3 Å². The van der Waals surface area contributed by atoms with Gasteiger partial charge in [0.15, 0.2) is 5.96 Å². The monoisotopic (exact) mass is 431 g/mol. The molecule has 0 fully saturated rings. The summed E-state index contributed by atoms with van der Waals surface area (Å²) in [5.41, 5.74) is 2.68. The molecule has 2 aromatic carbocycles. The predicted molar refractivity (Wildman–Crippen MR) is 121 cm³/mol. The quantitative estimate of drug-likeness (QED) is 0.246. The summed E-state index contributed by atoms with van der Waals surface area (Å²) in [6.07, 6.45) is 3.13. The lowest BCUT2D eigenvalue weighted by Crippen LogP contribution is -2.37. The van der Waals surface area contributed by atoms with Crippen molar-refractivity contribution < 1.29 is 14.0 Å². The maximum atomic E-state index is 12.4. The van der Waals surface area contributed by atoms with E-state index >= 15 is 0 Å². The summed E-state index contributed by atoms with van der Waals surface area (Å²) >= 11 is 0. The molecule has 8 heteroatoms. The Morgan fingerprint density at radius 1 is 0.969 bits per heavy atom. The van der Waals surface area contributed by atoms with E-state index in [0.29, 0.717) is 49.0 Å². The second-order valence-electron chi connectivity index (χ2n) is 7.38. The van der Waals surface area contributed by atoms with Crippen LogP contribution < -0.4 is 10.6 Å². The molecule has 0 aliphatic carbocycles. The number of carbonyl (C=O) groups excluding carboxylic acids is 2. The van der Waals surface area contributed by atoms with Gasteiger partial charge < -0.3 is 15.1 Å². The molecule has 1 aromatic heterocycles. The SMILES string of the molecule is CN=C(NCCCCN1C(=O)c2ccccc2C1=O)NCc1coc(-c2ccccc2)n1. The standard InChI is InChI=1S/C24H25N5O3/c1-25-24(27-15-18-16-32-21(28-18)17-9-3-2-4-10-17)26-13-7-8-14-29-22(30)19-11-5-6-12-20(19)23(29)31/h2-6,9-12,16H,7-8,13-15H2,1H3,(H2,25,26,27). The second-order valence-corrected chi connectivity index (χ2v) is 7.38. The van der Waals surface area contributed by atoms with Crippen molar-refractivity contribution in [2.75, 3.05) is 20.1 Å². The average molecular weight is 431 g/mol. The number of guanidine groups is 1. The van der Waals surface area contributed by atoms with E-state index < -0.39 is 0 Å². The third-order valence-electron chi connectivity index (χ3n) is 5.21. The summed E-state index contributed by atoms with van der Waals surface area (Å²) in [4.78, 5) is 34.8. The summed E-state index contributed by atoms with van der Waals surface area (Å²) in [5.74, 6) is 0.811. The van der Waals surface area contributed by atoms with Crippen LogP contribution in [-0.4, -0.2) is 47.8 Å². The normalized spacial score (nSPS) is 13.4. The minimum absolute atomic E-state index is 0.210. The first kappa shape index (κ1) is 21.3. The number of nitrogens with one attached hydrogen (secondary N) is 2. The van der Waals surface area contributed by atoms with Gasteiger partial charge in [0, 0.05) is 25.7 Å². The van der Waals surface area contributed by atoms with Gasteiger partial charge in [0.05, 0.1) is 23.4 Å². The second kappa shape index (κ2) is 9.91. The van der Waals surface area contributed by atoms with Crippen molar-refractivity contribution in [3.05, 3.63) is 77.7 Å². The largest absolute Gasteiger partial charge is 0.444 e. The molecule has 0 saturated heterocycles. The van der Waals surface area contributed by atoms with E-state index in [1.165, 1.54) is 4.90 Å². The predicted octanol–water partition coefficient (Wildman–Crippen LogP) is 3.08. The van der Waals surface area contributed by atoms with E-state index in [0.717, 1.165) is 17.7 Å². The maximum absolute atomic E-state index is 12.4. The zero-order chi connectivity index (χ0) is 22.3. The van der Waals surface area contributed by atoms with E-state index in [-0.39, 0.29) is 11.8 Å². The Kier molecular flexibility index (Phi) is 6.60. The molecule has 2 amide bonds. The smallest absolute Gasteiger partial charge is 0.261 e. The molecule has 2 heterocycles. The number of hydrogen-bond acceptors (Lipinski definition) is 5. The number of hydrogen-bond donors (Lipinski definition) is 2. The fourth-order valence-corrected chi connectivity index (χ4v) is 3.54. The van der Waals surface area contributed by atoms with Crippen molar-refractivity contribution in [1.82, 2.24) is 20.5 Å². The van der Waals surface area contributed by atoms with Gasteiger partial charge in [-0.25, -0.2) is 4.98 Å². The maximum Gasteiger partial charge on any atom is 0.261 e. The Bertz CT molecular complexity index is 1090. The highest BCUT2D eigenvalue weighted by Gasteiger charge is 2.34. The molecule has 1 aliphatic rings. The van der Waals surface area contributed by atoms with Crippen LogP contribution in [0, 0.1) is 0 Å². The van der Waals surface area contributed by atoms with Crippen LogP contribution in [0.4, 0.5) is 0 Å². The van der Waals surface area contributed by atoms with Crippen molar-refractivity contribution in [2.45, 2.75) is 19.4 Å². The summed E-state index contributed by atoms with van der Waals surface area (Å²) < 4.78 is 5.55. The zero-order valence-corrected chi connectivity index (χ0v) is 17.9. The van der Waals surface area contributed by atoms with E-state index in [1.807, 2.05) is 30.3 Å². The number of nitrogens with zero attached hydrogens (tertiary/aromatic N) is 3. The highest BCUT2D eigenvalue weighted by molar-refractivity contribution is 6.21. The molecule has 0 unspecified atom stereocenters. The van der Waals surface area contributed by atoms with Crippen LogP contribution in [0.25, 0.3) is 11.5 Å². The minimum atomic E-state index is -0.210. The molecule has 0 atom stereocenters. The number of aromatic nitrogens is 1. The van der Waals surface area contributed by atoms with Crippen LogP contribution in [0.5, 0.6) is 0 Å². The van der Waals surface area contributed by atoms with E-state index in [4.69, 9.17) is 4.42 Å². The topological polar surface area (TPSA) is 99.8 Å². The van der Waals surface area contributed by atoms with Crippen LogP contribution >= 0.6 is 0 Å². The summed E-state index contributed by atoms with van der Waals surface area (Å²) in [6.45, 7) is 1.54. The molecular formula is C24H25N5O3. The van der Waals surface area contributed by atoms with Crippen molar-refractivity contribution in [3.63, 3.8) is 0 Å². The van der Waals surface area contributed by atoms with Gasteiger partial charge in [0.1, 0.15) is 6.26 Å². The van der Waals surface area contributed by atoms with Crippen LogP contribution in [0.3, 0.4) is 0 Å². The highest BCUT2D eigenvalue weighted by atomic mass is 16.3. The molecule has 0 spiro atoms. The van der Waals surface area contributed by atoms with E-state index in [9.17, 15) is 9.59 Å². The lowest BCUT2D eigenvalue weighted by molar-refractivity contribution is 0.0652. The molecule has 2 N–H and O–H groups in total. The Labute approximate surface area is 186 Å². The first-order valence-electron chi connectivity index (χ1n) is 10.6. The Morgan fingerprint density at radius 2 is 1.66 bits per heavy atom. The number of imide groups is 1. The van der Waals surface area contributed by atoms with Crippen molar-refractivity contribution in [3.8, 4) is 11.5 Å². The molecule has 1 aliphatic heterocycles. The van der Waals surface area contributed by atoms with Gasteiger partial charge in [0.25, 0.3) is 11.8 Å². The van der Waals surface area contributed by atoms with Gasteiger partial charge in [-0.15, -0.1) is 0 Å². The van der Waals surface area contributed by atoms with Gasteiger partial charge in [-0.3, -0.25) is 19.5 Å². The Balaban J connectivity index is 1.18. The molecule has 32 heavy (non-hydrogen) atoms. The van der Waals surface area contributed by atoms with Crippen LogP contribution in [0.2, 0.25) is 0 Å². The third kappa shape index (κ3) is 4.69. The number of unbranched alkanes of at least 4 members (excludes halogenated alkanes) is 1. The lowest BCUT2D eigenvalue weighted by atomic mass is 10.1. The van der Waals surface area contributed by atoms with Crippen LogP contribution in [-0.2, 0) is 6.54 Å². The first-order valence-corrected chi connectivity index (χ1v) is 10.6. The van der Waals surface area contributed by atoms with Crippen molar-refractivity contribution in [1.29, 1.82) is 0 Å². The van der Waals surface area contributed by atoms with Crippen LogP contribution in [0.15, 0.2) is 70.3 Å². The van der Waals surface area contributed by atoms with Gasteiger partial charge in [0.2, 0.25) is 5.89 Å². The number of fused-ring (bicyclic) bond motifs is 1. The molecule has 4 rings (SSSR count). The van der Waals surface area contributed by atoms with E-state index in [2.05, 4.69) is 20.6 Å². The molecule has 3 aromatic rings. The molecular weight excluding hydrogens is 406 g/mol. The summed E-state index contributed by atoms with van der Waals surface area (Å²) in [7, 11) is 1.70. The van der Waals surface area contributed by atoms with Crippen LogP contribution in [0.1, 0.15) is 39.3 Å². The van der Waals surface area contributed by atoms with Crippen molar-refractivity contribution in [2.24, 2.45) is 4.99 Å². The Morgan fingerprint density at radius 3 is 2.34 bits per heavy atom. The summed E-state index contributed by atoms with van der Waals surface area (Å²) in [6, 6.07) is 16.7. The van der Waals surface area contributed by atoms with E-state index in [1.54, 1.807) is 37.6 Å². The molecule has 8 nitrogen and oxygen atoms in total. The fourth-order valence-electron chi connectivity index (χ4n) is 3.54. The zero-order valence-electron chi connectivity index (χ0n) is 17.9. The fraction of sp³-hybridized carbons (Fsp3) is 0.250. The third-order valence-corrected chi connectivity index (χ3v) is 5.21. The minimum Gasteiger partial charge on any atom is -0.444 e. The number of rotatable bonds is 8. The Hall–Kier alpha value is -3.94. The molecule has 0 bridgehead atoms. The first-order chi connectivity index (χ1) is 15.7. The number of amides is 2.